The predicted octanol–water partition coefficient (Wildman–Crippen LogP) is -0.0233. The van der Waals surface area contributed by atoms with E-state index in [0.717, 1.165) is 0 Å². The van der Waals surface area contributed by atoms with Crippen molar-refractivity contribution in [3.05, 3.63) is 7.05 Å². The molecule has 2 atom stereocenters. The van der Waals surface area contributed by atoms with E-state index in [2.05, 4.69) is 23.4 Å². The molecular formula is C10H21N3O2S2Y-2. The Labute approximate surface area is 143 Å². The minimum atomic E-state index is -0.229. The van der Waals surface area contributed by atoms with Crippen LogP contribution in [0.1, 0.15) is 6.92 Å². The molecule has 105 valence electrons. The quantitative estimate of drug-likeness (QED) is 0.300. The van der Waals surface area contributed by atoms with E-state index in [-0.39, 0.29) is 50.6 Å². The van der Waals surface area contributed by atoms with Crippen LogP contribution >= 0.6 is 21.6 Å². The molecule has 0 aromatic carbocycles. The van der Waals surface area contributed by atoms with Gasteiger partial charge in [0.1, 0.15) is 5.78 Å². The molecule has 0 aromatic heterocycles. The summed E-state index contributed by atoms with van der Waals surface area (Å²) in [6.07, 6.45) is 1.90. The molecule has 1 radical (unpaired) electrons. The van der Waals surface area contributed by atoms with Crippen molar-refractivity contribution < 1.29 is 42.3 Å². The first kappa shape index (κ1) is 24.1. The number of carbonyl (C=O) groups is 1. The van der Waals surface area contributed by atoms with Crippen LogP contribution in [0.3, 0.4) is 0 Å². The van der Waals surface area contributed by atoms with Gasteiger partial charge in [0.25, 0.3) is 0 Å². The molecule has 4 N–H and O–H groups in total. The van der Waals surface area contributed by atoms with Gasteiger partial charge in [-0.1, -0.05) is 27.6 Å². The van der Waals surface area contributed by atoms with Crippen molar-refractivity contribution in [3.63, 3.8) is 0 Å². The maximum atomic E-state index is 11.1. The summed E-state index contributed by atoms with van der Waals surface area (Å²) in [4.78, 5) is 21.4. The Morgan fingerprint density at radius 3 is 2.11 bits per heavy atom. The molecule has 0 spiro atoms. The minimum Gasteiger partial charge on any atom is -0.540 e. The van der Waals surface area contributed by atoms with E-state index in [4.69, 9.17) is 0 Å². The number of hydrogen-bond acceptors (Lipinski definition) is 7. The van der Waals surface area contributed by atoms with Crippen molar-refractivity contribution in [2.24, 2.45) is 5.73 Å². The Hall–Kier alpha value is 1.02. The van der Waals surface area contributed by atoms with Gasteiger partial charge in [-0.3, -0.25) is 11.8 Å². The summed E-state index contributed by atoms with van der Waals surface area (Å²) in [6.45, 7) is 1.57. The first-order valence-electron chi connectivity index (χ1n) is 5.03. The molecule has 2 unspecified atom stereocenters. The van der Waals surface area contributed by atoms with E-state index >= 15 is 0 Å². The van der Waals surface area contributed by atoms with Crippen LogP contribution < -0.4 is 16.4 Å². The van der Waals surface area contributed by atoms with Gasteiger partial charge in [0.2, 0.25) is 0 Å². The van der Waals surface area contributed by atoms with Crippen molar-refractivity contribution >= 4 is 33.7 Å². The van der Waals surface area contributed by atoms with Gasteiger partial charge in [-0.15, -0.1) is 0 Å². The molecular weight excluding hydrogens is 347 g/mol. The average molecular weight is 368 g/mol. The second-order valence-corrected chi connectivity index (χ2v) is 5.53. The number of ketones is 1. The van der Waals surface area contributed by atoms with Gasteiger partial charge in [0.15, 0.2) is 0 Å². The molecule has 0 amide bonds. The molecule has 18 heavy (non-hydrogen) atoms. The maximum Gasteiger partial charge on any atom is 0.147 e. The van der Waals surface area contributed by atoms with Crippen molar-refractivity contribution in [2.45, 2.75) is 19.0 Å². The fraction of sp³-hybridized carbons (Fsp3) is 0.700. The van der Waals surface area contributed by atoms with Crippen LogP contribution in [0.15, 0.2) is 0 Å². The van der Waals surface area contributed by atoms with Crippen LogP contribution in [0, 0.1) is 7.05 Å². The first-order valence-corrected chi connectivity index (χ1v) is 7.52. The summed E-state index contributed by atoms with van der Waals surface area (Å²) in [5, 5.41) is 5.78. The third-order valence-corrected chi connectivity index (χ3v) is 4.30. The molecule has 0 aliphatic rings. The molecule has 8 heteroatoms. The van der Waals surface area contributed by atoms with Gasteiger partial charge >= 0.3 is 0 Å². The molecule has 0 saturated heterocycles. The third-order valence-electron chi connectivity index (χ3n) is 1.88. The second kappa shape index (κ2) is 18.0. The normalized spacial score (nSPS) is 12.5. The van der Waals surface area contributed by atoms with Crippen molar-refractivity contribution in [2.75, 3.05) is 25.6 Å². The number of rotatable bonds is 9. The topological polar surface area (TPSA) is 84.2 Å². The van der Waals surface area contributed by atoms with E-state index in [1.807, 2.05) is 6.29 Å². The Morgan fingerprint density at radius 1 is 1.28 bits per heavy atom. The number of nitrogens with one attached hydrogen (secondary N) is 2. The van der Waals surface area contributed by atoms with E-state index < -0.39 is 0 Å². The first-order chi connectivity index (χ1) is 8.15. The molecule has 0 saturated carbocycles. The summed E-state index contributed by atoms with van der Waals surface area (Å²) in [7, 11) is 9.41. The molecule has 0 aliphatic heterocycles. The summed E-state index contributed by atoms with van der Waals surface area (Å²) in [6, 6.07) is -0.330. The van der Waals surface area contributed by atoms with Crippen molar-refractivity contribution in [3.8, 4) is 0 Å². The standard InChI is InChI=1S/C9H17N2O2S2.CH4N.Y/c1-7(13)9(11-3)6-15-14-5-8(4-12)10-2;1-2;/h8-11H,5-6H2,1-3H3;1-2H2;/q2*-1;. The van der Waals surface area contributed by atoms with Gasteiger partial charge in [0.05, 0.1) is 6.04 Å². The molecule has 0 aliphatic carbocycles. The summed E-state index contributed by atoms with van der Waals surface area (Å²) in [5.74, 6) is 1.52. The molecule has 0 rings (SSSR count). The van der Waals surface area contributed by atoms with Crippen LogP contribution in [0.4, 0.5) is 0 Å². The smallest absolute Gasteiger partial charge is 0.147 e. The summed E-state index contributed by atoms with van der Waals surface area (Å²) < 4.78 is 0. The zero-order valence-corrected chi connectivity index (χ0v) is 15.5. The van der Waals surface area contributed by atoms with Crippen LogP contribution in [0.5, 0.6) is 0 Å². The minimum absolute atomic E-state index is 0. The van der Waals surface area contributed by atoms with E-state index in [9.17, 15) is 9.59 Å². The molecule has 0 fully saturated rings. The van der Waals surface area contributed by atoms with Gasteiger partial charge in [-0.05, 0) is 26.8 Å². The zero-order chi connectivity index (χ0) is 13.7. The molecule has 0 heterocycles. The van der Waals surface area contributed by atoms with Gasteiger partial charge in [-0.2, -0.15) is 0 Å². The fourth-order valence-electron chi connectivity index (χ4n) is 0.813. The van der Waals surface area contributed by atoms with E-state index in [1.54, 1.807) is 42.6 Å². The fourth-order valence-corrected chi connectivity index (χ4v) is 3.31. The average Bonchev–Trinajstić information content (AvgIpc) is 2.36. The van der Waals surface area contributed by atoms with Crippen molar-refractivity contribution in [1.29, 1.82) is 0 Å². The van der Waals surface area contributed by atoms with E-state index in [1.165, 1.54) is 0 Å². The van der Waals surface area contributed by atoms with Crippen LogP contribution in [0.2, 0.25) is 0 Å². The predicted molar refractivity (Wildman–Crippen MR) is 76.5 cm³/mol. The van der Waals surface area contributed by atoms with Crippen LogP contribution in [0.25, 0.3) is 0 Å². The SMILES string of the molecule is CNC([C-]=O)CSSCC(NC)C(C)=O.[CH2-]N.[Y]. The largest absolute Gasteiger partial charge is 0.540 e. The number of likely N-dealkylation sites (N-methyl/N-ethyl adjacent to an activating group) is 2. The number of Topliss-reactive ketones (excluding diaryl/α,β-unsaturated/α-hetero) is 1. The van der Waals surface area contributed by atoms with E-state index in [0.29, 0.717) is 11.5 Å². The monoisotopic (exact) mass is 368 g/mol. The van der Waals surface area contributed by atoms with Gasteiger partial charge in [0, 0.05) is 38.5 Å². The Bertz CT molecular complexity index is 212. The molecule has 0 bridgehead atoms. The number of hydrogen-bond donors (Lipinski definition) is 3. The van der Waals surface area contributed by atoms with Gasteiger partial charge in [-0.25, -0.2) is 6.29 Å². The summed E-state index contributed by atoms with van der Waals surface area (Å²) >= 11 is 0. The van der Waals surface area contributed by atoms with Crippen LogP contribution in [-0.4, -0.2) is 49.8 Å². The Balaban J connectivity index is -0.000000709. The Morgan fingerprint density at radius 2 is 1.78 bits per heavy atom. The maximum absolute atomic E-state index is 11.1. The second-order valence-electron chi connectivity index (χ2n) is 2.98. The zero-order valence-electron chi connectivity index (χ0n) is 11.1. The molecule has 0 aromatic rings. The summed E-state index contributed by atoms with van der Waals surface area (Å²) in [5.41, 5.74) is 4.25. The number of carbonyl (C=O) groups excluding carboxylic acids is 2. The van der Waals surface area contributed by atoms with Gasteiger partial charge < -0.3 is 21.2 Å². The Kier molecular flexibility index (Phi) is 24.1. The molecule has 5 nitrogen and oxygen atoms in total. The van der Waals surface area contributed by atoms with Crippen molar-refractivity contribution in [1.82, 2.24) is 10.6 Å². The third kappa shape index (κ3) is 13.5. The van der Waals surface area contributed by atoms with Crippen LogP contribution in [-0.2, 0) is 42.3 Å². The number of nitrogens with two attached hydrogens (primary N) is 1.